The minimum absolute atomic E-state index is 0.0930. The molecule has 1 saturated heterocycles. The van der Waals surface area contributed by atoms with Crippen LogP contribution < -0.4 is 19.7 Å². The maximum absolute atomic E-state index is 14.8. The summed E-state index contributed by atoms with van der Waals surface area (Å²) < 4.78 is 31.1. The van der Waals surface area contributed by atoms with E-state index in [4.69, 9.17) is 14.2 Å². The number of hydrogen-bond acceptors (Lipinski definition) is 5. The number of carbonyl (C=O) groups excluding carboxylic acids is 1. The zero-order valence-corrected chi connectivity index (χ0v) is 17.5. The highest BCUT2D eigenvalue weighted by Crippen LogP contribution is 2.44. The normalized spacial score (nSPS) is 19.8. The van der Waals surface area contributed by atoms with Crippen LogP contribution in [0.1, 0.15) is 37.7 Å². The number of nitrogens with zero attached hydrogens (tertiary/aromatic N) is 1. The largest absolute Gasteiger partial charge is 0.454 e. The van der Waals surface area contributed by atoms with Gasteiger partial charge >= 0.3 is 0 Å². The Morgan fingerprint density at radius 1 is 0.968 bits per heavy atom. The predicted molar refractivity (Wildman–Crippen MR) is 115 cm³/mol. The number of amides is 1. The molecule has 1 saturated carbocycles. The number of rotatable bonds is 4. The number of nitrogens with one attached hydrogen (secondary N) is 1. The van der Waals surface area contributed by atoms with Crippen molar-refractivity contribution in [2.24, 2.45) is 0 Å². The van der Waals surface area contributed by atoms with Gasteiger partial charge in [0.2, 0.25) is 12.7 Å². The van der Waals surface area contributed by atoms with Gasteiger partial charge in [0, 0.05) is 18.8 Å². The lowest BCUT2D eigenvalue weighted by atomic mass is 9.68. The van der Waals surface area contributed by atoms with Crippen LogP contribution in [0.4, 0.5) is 15.8 Å². The molecule has 5 rings (SSSR count). The summed E-state index contributed by atoms with van der Waals surface area (Å²) in [7, 11) is 0. The first-order valence-electron chi connectivity index (χ1n) is 11.0. The summed E-state index contributed by atoms with van der Waals surface area (Å²) in [5, 5.41) is 3.00. The van der Waals surface area contributed by atoms with E-state index in [0.717, 1.165) is 37.7 Å². The van der Waals surface area contributed by atoms with E-state index < -0.39 is 5.41 Å². The summed E-state index contributed by atoms with van der Waals surface area (Å²) in [4.78, 5) is 15.5. The third-order valence-electron chi connectivity index (χ3n) is 6.62. The zero-order chi connectivity index (χ0) is 21.3. The molecule has 31 heavy (non-hydrogen) atoms. The van der Waals surface area contributed by atoms with Crippen molar-refractivity contribution >= 4 is 17.3 Å². The van der Waals surface area contributed by atoms with Crippen LogP contribution in [0.5, 0.6) is 11.5 Å². The number of morpholine rings is 1. The first kappa shape index (κ1) is 20.1. The molecule has 3 aliphatic rings. The lowest BCUT2D eigenvalue weighted by Crippen LogP contribution is -2.42. The van der Waals surface area contributed by atoms with E-state index in [1.807, 2.05) is 23.1 Å². The highest BCUT2D eigenvalue weighted by molar-refractivity contribution is 5.99. The monoisotopic (exact) mass is 426 g/mol. The molecule has 2 aliphatic heterocycles. The van der Waals surface area contributed by atoms with Crippen LogP contribution in [0.25, 0.3) is 0 Å². The van der Waals surface area contributed by atoms with Gasteiger partial charge in [-0.15, -0.1) is 0 Å². The van der Waals surface area contributed by atoms with E-state index in [-0.39, 0.29) is 18.5 Å². The van der Waals surface area contributed by atoms with Crippen LogP contribution >= 0.6 is 0 Å². The highest BCUT2D eigenvalue weighted by atomic mass is 19.1. The van der Waals surface area contributed by atoms with Gasteiger partial charge in [-0.1, -0.05) is 25.3 Å². The van der Waals surface area contributed by atoms with Crippen molar-refractivity contribution in [3.05, 3.63) is 47.8 Å². The molecular weight excluding hydrogens is 399 g/mol. The second-order valence-corrected chi connectivity index (χ2v) is 8.43. The quantitative estimate of drug-likeness (QED) is 0.793. The summed E-state index contributed by atoms with van der Waals surface area (Å²) >= 11 is 0. The summed E-state index contributed by atoms with van der Waals surface area (Å²) in [6.07, 6.45) is 4.58. The van der Waals surface area contributed by atoms with E-state index in [9.17, 15) is 9.18 Å². The fourth-order valence-corrected chi connectivity index (χ4v) is 4.89. The van der Waals surface area contributed by atoms with Crippen molar-refractivity contribution in [1.29, 1.82) is 0 Å². The fraction of sp³-hybridized carbons (Fsp3) is 0.458. The number of anilines is 2. The molecule has 0 radical (unpaired) electrons. The van der Waals surface area contributed by atoms with E-state index in [2.05, 4.69) is 5.32 Å². The standard InChI is InChI=1S/C24H27FN2O4/c25-19-15-18(5-6-20(19)27-10-12-29-13-11-27)26-23(28)24(8-2-1-3-9-24)17-4-7-21-22(14-17)31-16-30-21/h4-7,14-15H,1-3,8-13,16H2,(H,26,28). The SMILES string of the molecule is O=C(Nc1ccc(N2CCOCC2)c(F)c1)C1(c2ccc3c(c2)OCO3)CCCCC1. The Morgan fingerprint density at radius 3 is 2.52 bits per heavy atom. The third kappa shape index (κ3) is 3.82. The van der Waals surface area contributed by atoms with Gasteiger partial charge in [-0.3, -0.25) is 4.79 Å². The molecule has 0 atom stereocenters. The first-order valence-corrected chi connectivity index (χ1v) is 11.0. The third-order valence-corrected chi connectivity index (χ3v) is 6.62. The topological polar surface area (TPSA) is 60.0 Å². The smallest absolute Gasteiger partial charge is 0.235 e. The van der Waals surface area contributed by atoms with Gasteiger partial charge in [-0.2, -0.15) is 0 Å². The van der Waals surface area contributed by atoms with Crippen LogP contribution in [0.15, 0.2) is 36.4 Å². The molecule has 6 nitrogen and oxygen atoms in total. The Hall–Kier alpha value is -2.80. The molecule has 1 N–H and O–H groups in total. The minimum atomic E-state index is -0.654. The Kier molecular flexibility index (Phi) is 5.44. The number of fused-ring (bicyclic) bond motifs is 1. The van der Waals surface area contributed by atoms with Gasteiger partial charge in [0.25, 0.3) is 0 Å². The van der Waals surface area contributed by atoms with E-state index in [1.165, 1.54) is 6.07 Å². The molecule has 0 bridgehead atoms. The van der Waals surface area contributed by atoms with Gasteiger partial charge in [0.1, 0.15) is 5.82 Å². The van der Waals surface area contributed by atoms with Crippen molar-refractivity contribution in [3.8, 4) is 11.5 Å². The van der Waals surface area contributed by atoms with Crippen molar-refractivity contribution in [3.63, 3.8) is 0 Å². The average Bonchev–Trinajstić information content (AvgIpc) is 3.28. The van der Waals surface area contributed by atoms with Crippen LogP contribution in [0, 0.1) is 5.82 Å². The maximum Gasteiger partial charge on any atom is 0.235 e. The number of halogens is 1. The van der Waals surface area contributed by atoms with Crippen molar-refractivity contribution in [2.75, 3.05) is 43.3 Å². The van der Waals surface area contributed by atoms with Crippen molar-refractivity contribution in [2.45, 2.75) is 37.5 Å². The predicted octanol–water partition coefficient (Wildman–Crippen LogP) is 4.23. The van der Waals surface area contributed by atoms with Gasteiger partial charge in [-0.25, -0.2) is 4.39 Å². The number of ether oxygens (including phenoxy) is 3. The van der Waals surface area contributed by atoms with Crippen LogP contribution in [-0.2, 0) is 14.9 Å². The summed E-state index contributed by atoms with van der Waals surface area (Å²) in [5.41, 5.74) is 1.30. The molecule has 1 aliphatic carbocycles. The van der Waals surface area contributed by atoms with E-state index >= 15 is 0 Å². The van der Waals surface area contributed by atoms with E-state index in [0.29, 0.717) is 49.2 Å². The first-order chi connectivity index (χ1) is 15.2. The van der Waals surface area contributed by atoms with Crippen molar-refractivity contribution < 1.29 is 23.4 Å². The van der Waals surface area contributed by atoms with Crippen LogP contribution in [0.2, 0.25) is 0 Å². The lowest BCUT2D eigenvalue weighted by molar-refractivity contribution is -0.122. The van der Waals surface area contributed by atoms with Gasteiger partial charge < -0.3 is 24.4 Å². The molecule has 2 fully saturated rings. The molecule has 164 valence electrons. The molecular formula is C24H27FN2O4. The van der Waals surface area contributed by atoms with E-state index in [1.54, 1.807) is 12.1 Å². The fourth-order valence-electron chi connectivity index (χ4n) is 4.89. The van der Waals surface area contributed by atoms with Crippen LogP contribution in [-0.4, -0.2) is 39.0 Å². The molecule has 2 heterocycles. The van der Waals surface area contributed by atoms with Gasteiger partial charge in [0.05, 0.1) is 24.3 Å². The molecule has 0 aromatic heterocycles. The molecule has 0 unspecified atom stereocenters. The molecule has 1 amide bonds. The Morgan fingerprint density at radius 2 is 1.74 bits per heavy atom. The molecule has 7 heteroatoms. The van der Waals surface area contributed by atoms with Crippen LogP contribution in [0.3, 0.4) is 0 Å². The summed E-state index contributed by atoms with van der Waals surface area (Å²) in [5.74, 6) is 0.956. The van der Waals surface area contributed by atoms with Gasteiger partial charge in [0.15, 0.2) is 11.5 Å². The maximum atomic E-state index is 14.8. The lowest BCUT2D eigenvalue weighted by Gasteiger charge is -2.36. The molecule has 2 aromatic carbocycles. The average molecular weight is 426 g/mol. The molecule has 0 spiro atoms. The Balaban J connectivity index is 1.39. The number of benzene rings is 2. The number of carbonyl (C=O) groups is 1. The minimum Gasteiger partial charge on any atom is -0.454 e. The summed E-state index contributed by atoms with van der Waals surface area (Å²) in [6, 6.07) is 10.7. The Bertz CT molecular complexity index is 968. The zero-order valence-electron chi connectivity index (χ0n) is 17.5. The Labute approximate surface area is 181 Å². The second-order valence-electron chi connectivity index (χ2n) is 8.43. The molecule has 2 aromatic rings. The van der Waals surface area contributed by atoms with Gasteiger partial charge in [-0.05, 0) is 48.7 Å². The number of hydrogen-bond donors (Lipinski definition) is 1. The summed E-state index contributed by atoms with van der Waals surface area (Å²) in [6.45, 7) is 2.71. The highest BCUT2D eigenvalue weighted by Gasteiger charge is 2.42. The van der Waals surface area contributed by atoms with Crippen molar-refractivity contribution in [1.82, 2.24) is 0 Å². The second kappa shape index (κ2) is 8.38.